The van der Waals surface area contributed by atoms with Gasteiger partial charge in [-0.05, 0) is 73.5 Å². The summed E-state index contributed by atoms with van der Waals surface area (Å²) in [4.78, 5) is 53.9. The molecule has 0 spiro atoms. The molecule has 4 aromatic carbocycles. The lowest BCUT2D eigenvalue weighted by Crippen LogP contribution is -2.26. The Morgan fingerprint density at radius 1 is 0.489 bits per heavy atom. The van der Waals surface area contributed by atoms with Gasteiger partial charge in [0.1, 0.15) is 0 Å². The summed E-state index contributed by atoms with van der Waals surface area (Å²) in [5.74, 6) is -0.486. The van der Waals surface area contributed by atoms with Crippen molar-refractivity contribution in [3.63, 3.8) is 0 Å². The van der Waals surface area contributed by atoms with Gasteiger partial charge in [0, 0.05) is 60.8 Å². The highest BCUT2D eigenvalue weighted by Crippen LogP contribution is 2.20. The van der Waals surface area contributed by atoms with Gasteiger partial charge in [0.05, 0.1) is 0 Å². The number of nitrogens with zero attached hydrogens (tertiary/aromatic N) is 2. The van der Waals surface area contributed by atoms with Crippen LogP contribution in [0.25, 0.3) is 0 Å². The van der Waals surface area contributed by atoms with Crippen molar-refractivity contribution in [3.8, 4) is 0 Å². The van der Waals surface area contributed by atoms with Crippen molar-refractivity contribution >= 4 is 46.4 Å². The van der Waals surface area contributed by atoms with E-state index in [-0.39, 0.29) is 23.6 Å². The van der Waals surface area contributed by atoms with E-state index in [1.54, 1.807) is 72.4 Å². The van der Waals surface area contributed by atoms with Crippen molar-refractivity contribution in [1.29, 1.82) is 0 Å². The van der Waals surface area contributed by atoms with Crippen molar-refractivity contribution in [1.82, 2.24) is 0 Å². The highest BCUT2D eigenvalue weighted by Gasteiger charge is 2.15. The molecule has 0 aliphatic carbocycles. The molecule has 0 bridgehead atoms. The van der Waals surface area contributed by atoms with Crippen molar-refractivity contribution in [3.05, 3.63) is 120 Å². The summed E-state index contributed by atoms with van der Waals surface area (Å²) in [6, 6.07) is 32.8. The van der Waals surface area contributed by atoms with Crippen molar-refractivity contribution in [2.45, 2.75) is 44.9 Å². The zero-order valence-electron chi connectivity index (χ0n) is 25.9. The zero-order valence-corrected chi connectivity index (χ0v) is 25.9. The fourth-order valence-electron chi connectivity index (χ4n) is 4.93. The first-order chi connectivity index (χ1) is 21.8. The number of hydrogen-bond acceptors (Lipinski definition) is 4. The van der Waals surface area contributed by atoms with Gasteiger partial charge < -0.3 is 20.4 Å². The Bertz CT molecular complexity index is 1470. The lowest BCUT2D eigenvalue weighted by atomic mass is 10.1. The highest BCUT2D eigenvalue weighted by atomic mass is 16.2. The first kappa shape index (κ1) is 32.7. The van der Waals surface area contributed by atoms with Crippen molar-refractivity contribution in [2.75, 3.05) is 34.5 Å². The third kappa shape index (κ3) is 9.89. The van der Waals surface area contributed by atoms with Gasteiger partial charge in [-0.2, -0.15) is 0 Å². The summed E-state index contributed by atoms with van der Waals surface area (Å²) in [6.07, 6.45) is 4.95. The minimum Gasteiger partial charge on any atom is -0.326 e. The molecule has 0 heterocycles. The molecule has 232 valence electrons. The van der Waals surface area contributed by atoms with Crippen LogP contribution in [0, 0.1) is 0 Å². The standard InChI is InChI=1S/C37H40N4O4/c1-40(32-20-8-6-9-21-32)36(44)28-16-14-18-30(26-28)38-34(42)24-12-4-3-5-13-25-35(43)39-31-19-15-17-29(27-31)37(45)41(2)33-22-10-7-11-23-33/h6-11,14-23,26-27H,3-5,12-13,24-25H2,1-2H3,(H,38,42)(H,39,43). The second-order valence-electron chi connectivity index (χ2n) is 10.9. The largest absolute Gasteiger partial charge is 0.326 e. The second-order valence-corrected chi connectivity index (χ2v) is 10.9. The molecule has 0 saturated heterocycles. The zero-order chi connectivity index (χ0) is 32.0. The van der Waals surface area contributed by atoms with Gasteiger partial charge in [-0.15, -0.1) is 0 Å². The number of benzene rings is 4. The van der Waals surface area contributed by atoms with Gasteiger partial charge in [0.2, 0.25) is 11.8 Å². The van der Waals surface area contributed by atoms with Gasteiger partial charge in [-0.3, -0.25) is 19.2 Å². The van der Waals surface area contributed by atoms with Crippen LogP contribution < -0.4 is 20.4 Å². The van der Waals surface area contributed by atoms with Gasteiger partial charge in [-0.1, -0.05) is 67.8 Å². The summed E-state index contributed by atoms with van der Waals surface area (Å²) in [5.41, 5.74) is 3.78. The molecule has 4 amide bonds. The summed E-state index contributed by atoms with van der Waals surface area (Å²) >= 11 is 0. The number of amides is 4. The fraction of sp³-hybridized carbons (Fsp3) is 0.243. The van der Waals surface area contributed by atoms with E-state index in [4.69, 9.17) is 0 Å². The number of unbranched alkanes of at least 4 members (excludes halogenated alkanes) is 4. The van der Waals surface area contributed by atoms with Crippen LogP contribution in [0.1, 0.15) is 65.7 Å². The van der Waals surface area contributed by atoms with E-state index in [1.807, 2.05) is 60.7 Å². The average molecular weight is 605 g/mol. The van der Waals surface area contributed by atoms with Gasteiger partial charge >= 0.3 is 0 Å². The van der Waals surface area contributed by atoms with E-state index < -0.39 is 0 Å². The SMILES string of the molecule is CN(C(=O)c1cccc(NC(=O)CCCCCCCC(=O)Nc2cccc(C(=O)N(C)c3ccccc3)c2)c1)c1ccccc1. The lowest BCUT2D eigenvalue weighted by molar-refractivity contribution is -0.117. The molecular formula is C37H40N4O4. The van der Waals surface area contributed by atoms with Crippen LogP contribution >= 0.6 is 0 Å². The predicted molar refractivity (Wildman–Crippen MR) is 181 cm³/mol. The molecule has 8 nitrogen and oxygen atoms in total. The Kier molecular flexibility index (Phi) is 12.0. The third-order valence-corrected chi connectivity index (χ3v) is 7.49. The van der Waals surface area contributed by atoms with E-state index in [2.05, 4.69) is 10.6 Å². The minimum absolute atomic E-state index is 0.0916. The van der Waals surface area contributed by atoms with Crippen LogP contribution in [0.4, 0.5) is 22.7 Å². The van der Waals surface area contributed by atoms with Crippen LogP contribution in [0.15, 0.2) is 109 Å². The number of rotatable bonds is 14. The van der Waals surface area contributed by atoms with Gasteiger partial charge in [-0.25, -0.2) is 0 Å². The number of carbonyl (C=O) groups excluding carboxylic acids is 4. The number of hydrogen-bond donors (Lipinski definition) is 2. The smallest absolute Gasteiger partial charge is 0.258 e. The maximum absolute atomic E-state index is 12.9. The topological polar surface area (TPSA) is 98.8 Å². The van der Waals surface area contributed by atoms with Crippen molar-refractivity contribution < 1.29 is 19.2 Å². The third-order valence-electron chi connectivity index (χ3n) is 7.49. The molecule has 0 aliphatic heterocycles. The van der Waals surface area contributed by atoms with E-state index in [1.165, 1.54) is 0 Å². The van der Waals surface area contributed by atoms with Gasteiger partial charge in [0.25, 0.3) is 11.8 Å². The van der Waals surface area contributed by atoms with E-state index in [0.717, 1.165) is 43.5 Å². The average Bonchev–Trinajstić information content (AvgIpc) is 3.07. The second kappa shape index (κ2) is 16.6. The number of para-hydroxylation sites is 2. The van der Waals surface area contributed by atoms with E-state index >= 15 is 0 Å². The predicted octanol–water partition coefficient (Wildman–Crippen LogP) is 7.55. The van der Waals surface area contributed by atoms with Crippen LogP contribution in [0.2, 0.25) is 0 Å². The first-order valence-corrected chi connectivity index (χ1v) is 15.3. The molecule has 8 heteroatoms. The molecule has 0 atom stereocenters. The monoisotopic (exact) mass is 604 g/mol. The van der Waals surface area contributed by atoms with E-state index in [9.17, 15) is 19.2 Å². The number of anilines is 4. The maximum atomic E-state index is 12.9. The normalized spacial score (nSPS) is 10.5. The molecule has 0 aromatic heterocycles. The van der Waals surface area contributed by atoms with E-state index in [0.29, 0.717) is 35.3 Å². The molecule has 0 saturated carbocycles. The van der Waals surface area contributed by atoms with Gasteiger partial charge in [0.15, 0.2) is 0 Å². The Hall–Kier alpha value is -5.24. The summed E-state index contributed by atoms with van der Waals surface area (Å²) in [5, 5.41) is 5.79. The first-order valence-electron chi connectivity index (χ1n) is 15.3. The molecule has 4 aromatic rings. The molecule has 0 unspecified atom stereocenters. The van der Waals surface area contributed by atoms with Crippen molar-refractivity contribution in [2.24, 2.45) is 0 Å². The Labute approximate surface area is 265 Å². The van der Waals surface area contributed by atoms with Crippen LogP contribution in [-0.2, 0) is 9.59 Å². The summed E-state index contributed by atoms with van der Waals surface area (Å²) < 4.78 is 0. The Balaban J connectivity index is 1.11. The molecule has 4 rings (SSSR count). The number of carbonyl (C=O) groups is 4. The molecule has 0 radical (unpaired) electrons. The quantitative estimate of drug-likeness (QED) is 0.145. The lowest BCUT2D eigenvalue weighted by Gasteiger charge is -2.17. The molecular weight excluding hydrogens is 564 g/mol. The Morgan fingerprint density at radius 3 is 1.27 bits per heavy atom. The summed E-state index contributed by atoms with van der Waals surface area (Å²) in [7, 11) is 3.45. The minimum atomic E-state index is -0.152. The Morgan fingerprint density at radius 2 is 0.867 bits per heavy atom. The summed E-state index contributed by atoms with van der Waals surface area (Å²) in [6.45, 7) is 0. The maximum Gasteiger partial charge on any atom is 0.258 e. The highest BCUT2D eigenvalue weighted by molar-refractivity contribution is 6.07. The van der Waals surface area contributed by atoms with Crippen LogP contribution in [0.5, 0.6) is 0 Å². The molecule has 45 heavy (non-hydrogen) atoms. The molecule has 0 fully saturated rings. The van der Waals surface area contributed by atoms with Crippen LogP contribution in [0.3, 0.4) is 0 Å². The molecule has 2 N–H and O–H groups in total. The molecule has 0 aliphatic rings. The number of nitrogens with one attached hydrogen (secondary N) is 2. The van der Waals surface area contributed by atoms with Crippen LogP contribution in [-0.4, -0.2) is 37.7 Å². The fourth-order valence-corrected chi connectivity index (χ4v) is 4.93.